The molecule has 0 unspecified atom stereocenters. The van der Waals surface area contributed by atoms with Crippen LogP contribution in [0.3, 0.4) is 0 Å². The van der Waals surface area contributed by atoms with Crippen molar-refractivity contribution >= 4 is 10.0 Å². The fourth-order valence-corrected chi connectivity index (χ4v) is 3.40. The maximum atomic E-state index is 12.1. The topological polar surface area (TPSA) is 71.3 Å². The van der Waals surface area contributed by atoms with E-state index in [1.54, 1.807) is 13.0 Å². The summed E-state index contributed by atoms with van der Waals surface area (Å²) in [5.74, 6) is 1.16. The first kappa shape index (κ1) is 12.2. The number of hydrogen-bond acceptors (Lipinski definition) is 4. The van der Waals surface area contributed by atoms with Crippen LogP contribution in [0.2, 0.25) is 0 Å². The summed E-state index contributed by atoms with van der Waals surface area (Å²) in [6, 6.07) is 2.34. The maximum absolute atomic E-state index is 12.1. The Morgan fingerprint density at radius 2 is 1.94 bits per heavy atom. The lowest BCUT2D eigenvalue weighted by Gasteiger charge is -2.02. The van der Waals surface area contributed by atoms with E-state index in [4.69, 9.17) is 4.42 Å². The molecule has 0 atom stereocenters. The van der Waals surface area contributed by atoms with Crippen LogP contribution in [-0.4, -0.2) is 20.5 Å². The van der Waals surface area contributed by atoms with Gasteiger partial charge in [0.05, 0.1) is 6.54 Å². The van der Waals surface area contributed by atoms with Crippen molar-refractivity contribution in [1.29, 1.82) is 0 Å². The Balaban J connectivity index is 1.73. The molecule has 0 aliphatic heterocycles. The monoisotopic (exact) mass is 270 g/mol. The molecular formula is C12H18N2O3S. The van der Waals surface area contributed by atoms with Crippen LogP contribution < -0.4 is 10.0 Å². The van der Waals surface area contributed by atoms with Gasteiger partial charge in [0.1, 0.15) is 16.4 Å². The number of nitrogens with one attached hydrogen (secondary N) is 2. The minimum absolute atomic E-state index is 0.123. The molecule has 0 saturated heterocycles. The predicted molar refractivity (Wildman–Crippen MR) is 66.7 cm³/mol. The third-order valence-electron chi connectivity index (χ3n) is 3.25. The first-order chi connectivity index (χ1) is 8.54. The normalized spacial score (nSPS) is 20.3. The molecule has 2 saturated carbocycles. The van der Waals surface area contributed by atoms with Gasteiger partial charge in [-0.3, -0.25) is 0 Å². The summed E-state index contributed by atoms with van der Waals surface area (Å²) in [4.78, 5) is 0.280. The molecule has 2 fully saturated rings. The minimum atomic E-state index is -3.40. The van der Waals surface area contributed by atoms with E-state index in [9.17, 15) is 8.42 Å². The fraction of sp³-hybridized carbons (Fsp3) is 0.667. The van der Waals surface area contributed by atoms with Crippen molar-refractivity contribution < 1.29 is 12.8 Å². The Labute approximate surface area is 107 Å². The SMILES string of the molecule is Cc1oc(CNC2CC2)cc1S(=O)(=O)NC1CC1. The van der Waals surface area contributed by atoms with Gasteiger partial charge in [0.15, 0.2) is 0 Å². The molecule has 0 radical (unpaired) electrons. The van der Waals surface area contributed by atoms with Crippen LogP contribution in [0.15, 0.2) is 15.4 Å². The van der Waals surface area contributed by atoms with Crippen molar-refractivity contribution in [3.05, 3.63) is 17.6 Å². The second-order valence-electron chi connectivity index (χ2n) is 5.18. The lowest BCUT2D eigenvalue weighted by Crippen LogP contribution is -2.25. The molecule has 1 aromatic rings. The Morgan fingerprint density at radius 3 is 2.56 bits per heavy atom. The average Bonchev–Trinajstić information content (AvgIpc) is 3.18. The average molecular weight is 270 g/mol. The van der Waals surface area contributed by atoms with E-state index in [2.05, 4.69) is 10.0 Å². The van der Waals surface area contributed by atoms with E-state index >= 15 is 0 Å². The van der Waals surface area contributed by atoms with Gasteiger partial charge in [0.2, 0.25) is 10.0 Å². The van der Waals surface area contributed by atoms with Crippen molar-refractivity contribution in [3.63, 3.8) is 0 Å². The zero-order valence-corrected chi connectivity index (χ0v) is 11.2. The van der Waals surface area contributed by atoms with Gasteiger partial charge in [0, 0.05) is 18.2 Å². The summed E-state index contributed by atoms with van der Waals surface area (Å²) in [6.45, 7) is 2.30. The highest BCUT2D eigenvalue weighted by Crippen LogP contribution is 2.26. The quantitative estimate of drug-likeness (QED) is 0.817. The first-order valence-corrected chi connectivity index (χ1v) is 7.88. The van der Waals surface area contributed by atoms with E-state index in [0.29, 0.717) is 24.1 Å². The Kier molecular flexibility index (Phi) is 2.96. The van der Waals surface area contributed by atoms with E-state index in [1.807, 2.05) is 0 Å². The second-order valence-corrected chi connectivity index (χ2v) is 6.87. The number of furan rings is 1. The maximum Gasteiger partial charge on any atom is 0.244 e. The summed E-state index contributed by atoms with van der Waals surface area (Å²) in [6.07, 6.45) is 4.28. The molecule has 18 heavy (non-hydrogen) atoms. The van der Waals surface area contributed by atoms with Crippen molar-refractivity contribution in [3.8, 4) is 0 Å². The molecule has 2 aliphatic carbocycles. The van der Waals surface area contributed by atoms with Crippen molar-refractivity contribution in [2.24, 2.45) is 0 Å². The molecule has 2 aliphatic rings. The van der Waals surface area contributed by atoms with Crippen molar-refractivity contribution in [2.75, 3.05) is 0 Å². The van der Waals surface area contributed by atoms with Gasteiger partial charge in [-0.2, -0.15) is 0 Å². The lowest BCUT2D eigenvalue weighted by molar-refractivity contribution is 0.456. The summed E-state index contributed by atoms with van der Waals surface area (Å²) in [5.41, 5.74) is 0. The Bertz CT molecular complexity index is 542. The number of hydrogen-bond donors (Lipinski definition) is 2. The summed E-state index contributed by atoms with van der Waals surface area (Å²) in [7, 11) is -3.40. The van der Waals surface area contributed by atoms with Crippen LogP contribution in [0.4, 0.5) is 0 Å². The minimum Gasteiger partial charge on any atom is -0.464 e. The van der Waals surface area contributed by atoms with Gasteiger partial charge in [-0.15, -0.1) is 0 Å². The standard InChI is InChI=1S/C12H18N2O3S/c1-8-12(18(15,16)14-10-4-5-10)6-11(17-8)7-13-9-2-3-9/h6,9-10,13-14H,2-5,7H2,1H3. The molecule has 0 spiro atoms. The highest BCUT2D eigenvalue weighted by molar-refractivity contribution is 7.89. The Hall–Kier alpha value is -0.850. The molecule has 1 heterocycles. The molecule has 6 heteroatoms. The highest BCUT2D eigenvalue weighted by Gasteiger charge is 2.30. The molecule has 5 nitrogen and oxygen atoms in total. The van der Waals surface area contributed by atoms with Gasteiger partial charge in [-0.25, -0.2) is 13.1 Å². The van der Waals surface area contributed by atoms with E-state index in [1.165, 1.54) is 12.8 Å². The second kappa shape index (κ2) is 4.36. The van der Waals surface area contributed by atoms with Gasteiger partial charge in [0.25, 0.3) is 0 Å². The fourth-order valence-electron chi connectivity index (χ4n) is 1.89. The highest BCUT2D eigenvalue weighted by atomic mass is 32.2. The van der Waals surface area contributed by atoms with E-state index < -0.39 is 10.0 Å². The van der Waals surface area contributed by atoms with Gasteiger partial charge in [-0.05, 0) is 32.6 Å². The summed E-state index contributed by atoms with van der Waals surface area (Å²) < 4.78 is 32.3. The molecule has 0 amide bonds. The van der Waals surface area contributed by atoms with Crippen molar-refractivity contribution in [1.82, 2.24) is 10.0 Å². The first-order valence-electron chi connectivity index (χ1n) is 6.39. The molecule has 3 rings (SSSR count). The Morgan fingerprint density at radius 1 is 1.28 bits per heavy atom. The lowest BCUT2D eigenvalue weighted by atomic mass is 10.4. The van der Waals surface area contributed by atoms with Crippen LogP contribution in [0.5, 0.6) is 0 Å². The third-order valence-corrected chi connectivity index (χ3v) is 4.88. The molecule has 0 bridgehead atoms. The van der Waals surface area contributed by atoms with Gasteiger partial charge in [-0.1, -0.05) is 0 Å². The predicted octanol–water partition coefficient (Wildman–Crippen LogP) is 1.28. The van der Waals surface area contributed by atoms with Gasteiger partial charge < -0.3 is 9.73 Å². The number of rotatable bonds is 6. The van der Waals surface area contributed by atoms with E-state index in [0.717, 1.165) is 12.8 Å². The van der Waals surface area contributed by atoms with Crippen LogP contribution in [0, 0.1) is 6.92 Å². The molecule has 0 aromatic carbocycles. The smallest absolute Gasteiger partial charge is 0.244 e. The summed E-state index contributed by atoms with van der Waals surface area (Å²) in [5, 5.41) is 3.31. The molecular weight excluding hydrogens is 252 g/mol. The van der Waals surface area contributed by atoms with Crippen molar-refractivity contribution in [2.45, 2.75) is 56.1 Å². The van der Waals surface area contributed by atoms with Crippen LogP contribution in [0.25, 0.3) is 0 Å². The number of sulfonamides is 1. The largest absolute Gasteiger partial charge is 0.464 e. The molecule has 2 N–H and O–H groups in total. The van der Waals surface area contributed by atoms with Crippen LogP contribution in [-0.2, 0) is 16.6 Å². The van der Waals surface area contributed by atoms with E-state index in [-0.39, 0.29) is 10.9 Å². The number of aryl methyl sites for hydroxylation is 1. The third kappa shape index (κ3) is 2.76. The van der Waals surface area contributed by atoms with Gasteiger partial charge >= 0.3 is 0 Å². The summed E-state index contributed by atoms with van der Waals surface area (Å²) >= 11 is 0. The zero-order valence-electron chi connectivity index (χ0n) is 10.4. The molecule has 100 valence electrons. The van der Waals surface area contributed by atoms with Crippen LogP contribution >= 0.6 is 0 Å². The van der Waals surface area contributed by atoms with Crippen LogP contribution in [0.1, 0.15) is 37.2 Å². The molecule has 1 aromatic heterocycles. The zero-order chi connectivity index (χ0) is 12.8.